The molecule has 0 saturated heterocycles. The lowest BCUT2D eigenvalue weighted by Gasteiger charge is -2.10. The van der Waals surface area contributed by atoms with Crippen molar-refractivity contribution in [3.05, 3.63) is 54.6 Å². The number of hydrogen-bond acceptors (Lipinski definition) is 9. The monoisotopic (exact) mass is 414 g/mol. The molecule has 1 heterocycles. The minimum absolute atomic E-state index is 0.255. The topological polar surface area (TPSA) is 139 Å². The molecule has 10 nitrogen and oxygen atoms in total. The fourth-order valence-electron chi connectivity index (χ4n) is 2.35. The van der Waals surface area contributed by atoms with Crippen molar-refractivity contribution < 1.29 is 17.7 Å². The predicted octanol–water partition coefficient (Wildman–Crippen LogP) is 3.85. The number of methoxy groups -OCH3 is 1. The number of anilines is 2. The van der Waals surface area contributed by atoms with Crippen LogP contribution in [0, 0.1) is 0 Å². The van der Waals surface area contributed by atoms with Gasteiger partial charge in [0.25, 0.3) is 10.1 Å². The van der Waals surface area contributed by atoms with Crippen LogP contribution >= 0.6 is 0 Å². The van der Waals surface area contributed by atoms with E-state index in [1.165, 1.54) is 31.6 Å². The van der Waals surface area contributed by atoms with E-state index in [9.17, 15) is 8.42 Å². The van der Waals surface area contributed by atoms with Crippen LogP contribution in [0.4, 0.5) is 23.0 Å². The van der Waals surface area contributed by atoms with Gasteiger partial charge in [-0.15, -0.1) is 0 Å². The Balaban J connectivity index is 1.82. The molecule has 0 aliphatic carbocycles. The number of hydrogen-bond donors (Lipinski definition) is 2. The number of ether oxygens (including phenoxy) is 1. The van der Waals surface area contributed by atoms with Crippen LogP contribution in [0.1, 0.15) is 12.7 Å². The average Bonchev–Trinajstić information content (AvgIpc) is 2.72. The summed E-state index contributed by atoms with van der Waals surface area (Å²) in [6.07, 6.45) is 2.12. The predicted molar refractivity (Wildman–Crippen MR) is 106 cm³/mol. The molecule has 0 aliphatic heterocycles. The van der Waals surface area contributed by atoms with Crippen LogP contribution in [-0.2, 0) is 16.5 Å². The number of rotatable bonds is 7. The van der Waals surface area contributed by atoms with Gasteiger partial charge in [-0.2, -0.15) is 23.6 Å². The third-order valence-corrected chi connectivity index (χ3v) is 4.62. The molecule has 2 N–H and O–H groups in total. The number of aryl methyl sites for hydroxylation is 1. The van der Waals surface area contributed by atoms with Gasteiger partial charge in [-0.25, -0.2) is 9.97 Å². The second kappa shape index (κ2) is 8.71. The zero-order valence-corrected chi connectivity index (χ0v) is 16.5. The Morgan fingerprint density at radius 3 is 2.55 bits per heavy atom. The second-order valence-corrected chi connectivity index (χ2v) is 7.18. The van der Waals surface area contributed by atoms with Gasteiger partial charge in [-0.3, -0.25) is 4.55 Å². The van der Waals surface area contributed by atoms with Crippen molar-refractivity contribution in [3.63, 3.8) is 0 Å². The van der Waals surface area contributed by atoms with Crippen LogP contribution in [0.25, 0.3) is 0 Å². The highest BCUT2D eigenvalue weighted by Crippen LogP contribution is 2.32. The van der Waals surface area contributed by atoms with Crippen molar-refractivity contribution in [1.82, 2.24) is 15.0 Å². The number of benzene rings is 2. The highest BCUT2D eigenvalue weighted by Gasteiger charge is 2.10. The summed E-state index contributed by atoms with van der Waals surface area (Å²) in [5.41, 5.74) is 1.39. The molecule has 0 atom stereocenters. The number of azo groups is 1. The Morgan fingerprint density at radius 2 is 1.86 bits per heavy atom. The van der Waals surface area contributed by atoms with Gasteiger partial charge in [-0.05, 0) is 30.3 Å². The van der Waals surface area contributed by atoms with E-state index < -0.39 is 10.1 Å². The van der Waals surface area contributed by atoms with Crippen LogP contribution in [0.5, 0.6) is 5.75 Å². The van der Waals surface area contributed by atoms with Gasteiger partial charge in [-0.1, -0.05) is 13.0 Å². The molecule has 0 bridgehead atoms. The molecule has 1 aromatic heterocycles. The number of nitrogens with one attached hydrogen (secondary N) is 1. The SMILES string of the molecule is CCc1ncnc(Nc2ccc(N=Nc3cccc(S(=O)(=O)O)c3)cc2OC)n1. The smallest absolute Gasteiger partial charge is 0.294 e. The molecule has 0 spiro atoms. The first-order chi connectivity index (χ1) is 13.9. The van der Waals surface area contributed by atoms with Crippen LogP contribution < -0.4 is 10.1 Å². The van der Waals surface area contributed by atoms with Crippen molar-refractivity contribution in [2.75, 3.05) is 12.4 Å². The summed E-state index contributed by atoms with van der Waals surface area (Å²) in [4.78, 5) is 12.2. The highest BCUT2D eigenvalue weighted by molar-refractivity contribution is 7.85. The lowest BCUT2D eigenvalue weighted by atomic mass is 10.2. The van der Waals surface area contributed by atoms with Crippen LogP contribution in [-0.4, -0.2) is 35.0 Å². The first kappa shape index (κ1) is 20.3. The van der Waals surface area contributed by atoms with E-state index in [1.807, 2.05) is 6.92 Å². The Kier molecular flexibility index (Phi) is 6.10. The molecule has 29 heavy (non-hydrogen) atoms. The molecule has 0 amide bonds. The number of nitrogens with zero attached hydrogens (tertiary/aromatic N) is 5. The molecule has 0 saturated carbocycles. The first-order valence-electron chi connectivity index (χ1n) is 8.51. The van der Waals surface area contributed by atoms with Crippen molar-refractivity contribution in [3.8, 4) is 5.75 Å². The Morgan fingerprint density at radius 1 is 1.10 bits per heavy atom. The largest absolute Gasteiger partial charge is 0.494 e. The zero-order chi connectivity index (χ0) is 20.9. The summed E-state index contributed by atoms with van der Waals surface area (Å²) in [6.45, 7) is 1.95. The third-order valence-electron chi connectivity index (χ3n) is 3.77. The maximum atomic E-state index is 11.2. The van der Waals surface area contributed by atoms with Crippen molar-refractivity contribution >= 4 is 33.1 Å². The van der Waals surface area contributed by atoms with Gasteiger partial charge in [0.2, 0.25) is 5.95 Å². The van der Waals surface area contributed by atoms with E-state index in [-0.39, 0.29) is 10.6 Å². The standard InChI is InChI=1S/C18H18N6O4S/c1-3-17-19-11-20-18(22-17)21-15-8-7-13(10-16(15)28-2)24-23-12-5-4-6-14(9-12)29(25,26)27/h4-11H,3H2,1-2H3,(H,25,26,27)(H,19,20,21,22). The van der Waals surface area contributed by atoms with Crippen molar-refractivity contribution in [2.45, 2.75) is 18.2 Å². The molecule has 2 aromatic carbocycles. The normalized spacial score (nSPS) is 11.6. The summed E-state index contributed by atoms with van der Waals surface area (Å²) in [6, 6.07) is 10.6. The average molecular weight is 414 g/mol. The summed E-state index contributed by atoms with van der Waals surface area (Å²) < 4.78 is 36.9. The zero-order valence-electron chi connectivity index (χ0n) is 15.6. The summed E-state index contributed by atoms with van der Waals surface area (Å²) in [7, 11) is -2.79. The lowest BCUT2D eigenvalue weighted by Crippen LogP contribution is -2.02. The lowest BCUT2D eigenvalue weighted by molar-refractivity contribution is 0.417. The molecule has 0 fully saturated rings. The van der Waals surface area contributed by atoms with Crippen molar-refractivity contribution in [2.24, 2.45) is 10.2 Å². The Hall–Kier alpha value is -3.44. The second-order valence-electron chi connectivity index (χ2n) is 5.76. The molecule has 0 unspecified atom stereocenters. The third kappa shape index (κ3) is 5.30. The molecule has 3 rings (SSSR count). The van der Waals surface area contributed by atoms with Gasteiger partial charge in [0.1, 0.15) is 17.9 Å². The fraction of sp³-hybridized carbons (Fsp3) is 0.167. The van der Waals surface area contributed by atoms with Gasteiger partial charge in [0.15, 0.2) is 0 Å². The molecule has 0 aliphatic rings. The highest BCUT2D eigenvalue weighted by atomic mass is 32.2. The van der Waals surface area contributed by atoms with Crippen LogP contribution in [0.3, 0.4) is 0 Å². The van der Waals surface area contributed by atoms with E-state index in [4.69, 9.17) is 9.29 Å². The van der Waals surface area contributed by atoms with E-state index in [1.54, 1.807) is 24.3 Å². The van der Waals surface area contributed by atoms with E-state index >= 15 is 0 Å². The van der Waals surface area contributed by atoms with E-state index in [0.29, 0.717) is 35.3 Å². The van der Waals surface area contributed by atoms with E-state index in [0.717, 1.165) is 0 Å². The quantitative estimate of drug-likeness (QED) is 0.439. The minimum atomic E-state index is -4.31. The molecule has 150 valence electrons. The molecule has 3 aromatic rings. The first-order valence-corrected chi connectivity index (χ1v) is 9.95. The maximum absolute atomic E-state index is 11.2. The van der Waals surface area contributed by atoms with Gasteiger partial charge < -0.3 is 10.1 Å². The molecule has 0 radical (unpaired) electrons. The fourth-order valence-corrected chi connectivity index (χ4v) is 2.87. The summed E-state index contributed by atoms with van der Waals surface area (Å²) >= 11 is 0. The number of aromatic nitrogens is 3. The molecular formula is C18H18N6O4S. The summed E-state index contributed by atoms with van der Waals surface area (Å²) in [5.74, 6) is 1.55. The van der Waals surface area contributed by atoms with Gasteiger partial charge >= 0.3 is 0 Å². The summed E-state index contributed by atoms with van der Waals surface area (Å²) in [5, 5.41) is 11.2. The van der Waals surface area contributed by atoms with Crippen molar-refractivity contribution in [1.29, 1.82) is 0 Å². The Bertz CT molecular complexity index is 1150. The van der Waals surface area contributed by atoms with E-state index in [2.05, 4.69) is 30.5 Å². The van der Waals surface area contributed by atoms with Gasteiger partial charge in [0, 0.05) is 12.5 Å². The molecular weight excluding hydrogens is 396 g/mol. The molecule has 11 heteroatoms. The minimum Gasteiger partial charge on any atom is -0.494 e. The Labute approximate surface area is 167 Å². The maximum Gasteiger partial charge on any atom is 0.294 e. The van der Waals surface area contributed by atoms with Crippen LogP contribution in [0.15, 0.2) is 63.9 Å². The van der Waals surface area contributed by atoms with Crippen LogP contribution in [0.2, 0.25) is 0 Å². The van der Waals surface area contributed by atoms with Gasteiger partial charge in [0.05, 0.1) is 29.1 Å².